The van der Waals surface area contributed by atoms with Crippen LogP contribution < -0.4 is 42.4 Å². The normalized spacial score (nSPS) is 27.6. The van der Waals surface area contributed by atoms with Crippen molar-refractivity contribution in [2.45, 2.75) is 207 Å². The highest BCUT2D eigenvalue weighted by Gasteiger charge is 2.64. The Kier molecular flexibility index (Phi) is 28.6. The molecule has 6 saturated heterocycles. The second kappa shape index (κ2) is 40.9. The fraction of sp³-hybridized carbons (Fsp3) is 0.363. The summed E-state index contributed by atoms with van der Waals surface area (Å²) in [5.74, 6) is -1.17. The minimum atomic E-state index is -4.19. The molecule has 10 aromatic rings. The number of nitrogens with one attached hydrogen (secondary N) is 3. The number of nitrogens with zero attached hydrogens (tertiary/aromatic N) is 2. The molecule has 8 N–H and O–H groups in total. The zero-order chi connectivity index (χ0) is 91.7. The van der Waals surface area contributed by atoms with Crippen LogP contribution in [0.15, 0.2) is 303 Å². The van der Waals surface area contributed by atoms with Gasteiger partial charge in [-0.25, -0.2) is 24.0 Å². The number of carbonyl (C=O) groups excluding carboxylic acids is 5. The summed E-state index contributed by atoms with van der Waals surface area (Å²) >= 11 is 0. The maximum atomic E-state index is 15.0. The van der Waals surface area contributed by atoms with Gasteiger partial charge in [-0.1, -0.05) is 338 Å². The van der Waals surface area contributed by atoms with Crippen LogP contribution in [0.2, 0.25) is 10.1 Å². The minimum absolute atomic E-state index is 0.00148. The second-order valence-electron chi connectivity index (χ2n) is 36.2. The molecule has 132 heavy (non-hydrogen) atoms. The van der Waals surface area contributed by atoms with Crippen LogP contribution in [0.5, 0.6) is 0 Å². The van der Waals surface area contributed by atoms with Crippen LogP contribution in [0, 0.1) is 5.92 Å². The quantitative estimate of drug-likeness (QED) is 0.0177. The van der Waals surface area contributed by atoms with Gasteiger partial charge in [0.15, 0.2) is 37.4 Å². The Morgan fingerprint density at radius 2 is 0.803 bits per heavy atom. The fourth-order valence-corrected chi connectivity index (χ4v) is 28.0. The molecule has 6 aliphatic heterocycles. The van der Waals surface area contributed by atoms with Crippen molar-refractivity contribution < 1.29 is 105 Å². The number of carbonyl (C=O) groups is 5. The summed E-state index contributed by atoms with van der Waals surface area (Å²) in [4.78, 5) is 91.0. The molecule has 6 heterocycles. The van der Waals surface area contributed by atoms with Gasteiger partial charge in [-0.2, -0.15) is 0 Å². The van der Waals surface area contributed by atoms with Gasteiger partial charge in [0, 0.05) is 23.1 Å². The first-order chi connectivity index (χ1) is 64.0. The first-order valence-electron chi connectivity index (χ1n) is 44.9. The predicted octanol–water partition coefficient (Wildman–Crippen LogP) is 11.4. The number of alkyl carbamates (subject to hydrolysis) is 3. The summed E-state index contributed by atoms with van der Waals surface area (Å²) in [6.45, 7) is 8.99. The number of ether oxygens (including phenoxy) is 13. The Morgan fingerprint density at radius 3 is 1.20 bits per heavy atom. The average Bonchev–Trinajstić information content (AvgIpc) is 1.29. The lowest BCUT2D eigenvalue weighted by Crippen LogP contribution is -2.71. The molecule has 7 aliphatic rings. The van der Waals surface area contributed by atoms with E-state index in [0.717, 1.165) is 21.5 Å². The van der Waals surface area contributed by atoms with E-state index in [1.54, 1.807) is 84.9 Å². The van der Waals surface area contributed by atoms with Crippen LogP contribution in [0.4, 0.5) is 24.0 Å². The van der Waals surface area contributed by atoms with Crippen molar-refractivity contribution in [1.29, 1.82) is 0 Å². The van der Waals surface area contributed by atoms with Gasteiger partial charge in [0.1, 0.15) is 93.4 Å². The predicted molar refractivity (Wildman–Crippen MR) is 490 cm³/mol. The largest absolute Gasteiger partial charge is 0.445 e. The van der Waals surface area contributed by atoms with E-state index in [1.807, 2.05) is 208 Å². The number of nitrogens with two attached hydrogens (primary N) is 1. The number of fused-ring (bicyclic) bond motifs is 3. The minimum Gasteiger partial charge on any atom is -0.445 e. The lowest BCUT2D eigenvalue weighted by molar-refractivity contribution is -0.333. The van der Waals surface area contributed by atoms with Crippen molar-refractivity contribution in [3.8, 4) is 0 Å². The Balaban J connectivity index is 0.798. The number of hydrogen-bond acceptors (Lipinski definition) is 23. The molecule has 1 saturated carbocycles. The van der Waals surface area contributed by atoms with E-state index < -0.39 is 186 Å². The van der Waals surface area contributed by atoms with E-state index >= 15 is 4.79 Å². The summed E-state index contributed by atoms with van der Waals surface area (Å²) in [7, 11) is -7.85. The van der Waals surface area contributed by atoms with Crippen LogP contribution in [-0.2, 0) is 92.4 Å². The van der Waals surface area contributed by atoms with Gasteiger partial charge in [-0.3, -0.25) is 9.80 Å². The van der Waals surface area contributed by atoms with Gasteiger partial charge in [0.25, 0.3) is 16.6 Å². The summed E-state index contributed by atoms with van der Waals surface area (Å²) in [6.07, 6.45) is -27.2. The van der Waals surface area contributed by atoms with Crippen molar-refractivity contribution in [2.24, 2.45) is 11.7 Å². The number of aliphatic hydroxyl groups is 2. The zero-order valence-corrected chi connectivity index (χ0v) is 75.9. The summed E-state index contributed by atoms with van der Waals surface area (Å²) in [6, 6.07) is 88.1. The van der Waals surface area contributed by atoms with Crippen LogP contribution in [0.25, 0.3) is 0 Å². The molecule has 0 aromatic heterocycles. The highest BCUT2D eigenvalue weighted by Crippen LogP contribution is 2.51. The average molecular weight is 1830 g/mol. The van der Waals surface area contributed by atoms with Crippen molar-refractivity contribution in [3.63, 3.8) is 0 Å². The molecule has 5 amide bonds. The standard InChI is InChI=1S/C102H112N6O22Si2/c1-101(2,3)132(73-52-32-14-33-53-73,74-54-34-15-35-55-74)121-64-80-85(127-94-81(105-96(111)117-60-65-36-16-6-17-37-65)83(109)88-78(122-94)58-107(91(125-88)69-44-24-10-25-45-69)99(114)119-62-67-40-20-8-21-41-67)75(57-102(4,5)131(116,71-48-28-12-29-49-71)72-50-30-13-31-51-72)93(124-80)129-90-86(76(103)56-77-87(90)130-98(113)104-77)128-95-82(106-97(112)118-61-66-38-18-7-19-39-66)84(110)89-79(123-95)59-108(92(126-89)70-46-26-11-27-47-70)100(115)120-63-68-42-22-9-23-43-68/h6-55,75-95,109-110,116H,56-64,103H2,1-5H3,(H,104,113)(H,105,111)(H,106,112)/t75-,76+,77-,78+,79-,80-,81-,82-,83-,84-,85+,86-,87+,88-,89-,90+,91?,92?,93+,94-,95-/m1/s1. The third-order valence-corrected chi connectivity index (χ3v) is 35.6. The molecule has 1 aliphatic carbocycles. The molecule has 0 radical (unpaired) electrons. The number of hydrogen-bond donors (Lipinski definition) is 7. The van der Waals surface area contributed by atoms with Crippen molar-refractivity contribution >= 4 is 67.8 Å². The van der Waals surface area contributed by atoms with E-state index in [9.17, 15) is 34.2 Å². The van der Waals surface area contributed by atoms with Gasteiger partial charge < -0.3 is 103 Å². The third kappa shape index (κ3) is 20.1. The Labute approximate surface area is 769 Å². The van der Waals surface area contributed by atoms with Crippen LogP contribution in [0.1, 0.15) is 93.3 Å². The molecule has 10 aromatic carbocycles. The molecular weight excluding hydrogens is 1720 g/mol. The SMILES string of the molecule is CC(C)(C[C@H]1[C@H](O[C@@H]2[C@H]3OC(=O)N[C@@H]3C[C@H](N)[C@H]2O[C@H]2O[C@@H]3CN(C(=O)OCc4ccccc4)C(c4ccccc4)O[C@H]3[C@H](O)[C@H]2NC(=O)OCc2ccccc2)O[C@H](CO[Si](c2ccccc2)(c2ccccc2)C(C)(C)C)[C@H]1O[C@H]1O[C@H]2CN(C(=O)OCc3ccccc3)C(c3ccccc3)O[C@H]2[C@H](O)[C@H]1NC(=O)OCc1ccccc1)[Si](O)(c1ccccc1)c1ccccc1. The molecule has 690 valence electrons. The van der Waals surface area contributed by atoms with E-state index in [0.29, 0.717) is 32.6 Å². The summed E-state index contributed by atoms with van der Waals surface area (Å²) < 4.78 is 97.6. The summed E-state index contributed by atoms with van der Waals surface area (Å²) in [5.41, 5.74) is 11.4. The van der Waals surface area contributed by atoms with E-state index in [4.69, 9.17) is 71.7 Å². The Bertz CT molecular complexity index is 5380. The van der Waals surface area contributed by atoms with Crippen LogP contribution in [0.3, 0.4) is 0 Å². The molecule has 7 fully saturated rings. The zero-order valence-electron chi connectivity index (χ0n) is 73.9. The number of amides is 5. The van der Waals surface area contributed by atoms with Crippen molar-refractivity contribution in [2.75, 3.05) is 19.7 Å². The Hall–Kier alpha value is -11.5. The molecule has 17 rings (SSSR count). The van der Waals surface area contributed by atoms with Gasteiger partial charge in [-0.15, -0.1) is 0 Å². The monoisotopic (exact) mass is 1830 g/mol. The first-order valence-corrected chi connectivity index (χ1v) is 48.7. The van der Waals surface area contributed by atoms with Gasteiger partial charge >= 0.3 is 30.5 Å². The number of aliphatic hydroxyl groups excluding tert-OH is 2. The maximum absolute atomic E-state index is 15.0. The van der Waals surface area contributed by atoms with Crippen LogP contribution in [-0.4, -0.2) is 202 Å². The second-order valence-corrected chi connectivity index (χ2v) is 44.4. The molecule has 21 atom stereocenters. The topological polar surface area (TPSA) is 344 Å². The molecule has 2 unspecified atom stereocenters. The van der Waals surface area contributed by atoms with E-state index in [-0.39, 0.29) is 59.0 Å². The lowest BCUT2D eigenvalue weighted by atomic mass is 9.83. The van der Waals surface area contributed by atoms with Gasteiger partial charge in [-0.05, 0) is 65.9 Å². The lowest BCUT2D eigenvalue weighted by Gasteiger charge is -2.52. The molecule has 28 nitrogen and oxygen atoms in total. The number of benzene rings is 10. The van der Waals surface area contributed by atoms with Crippen molar-refractivity contribution in [3.05, 3.63) is 337 Å². The fourth-order valence-electron chi connectivity index (χ4n) is 19.6. The molecule has 0 bridgehead atoms. The van der Waals surface area contributed by atoms with Gasteiger partial charge in [0.05, 0.1) is 31.8 Å². The van der Waals surface area contributed by atoms with E-state index in [2.05, 4.69) is 61.0 Å². The Morgan fingerprint density at radius 1 is 0.447 bits per heavy atom. The highest BCUT2D eigenvalue weighted by atomic mass is 28.4. The third-order valence-electron chi connectivity index (χ3n) is 26.1. The summed E-state index contributed by atoms with van der Waals surface area (Å²) in [5, 5.41) is 36.9. The smallest absolute Gasteiger partial charge is 0.412 e. The molecule has 0 spiro atoms. The molecular formula is C102H112N6O22Si2. The van der Waals surface area contributed by atoms with E-state index in [1.165, 1.54) is 9.80 Å². The first kappa shape index (κ1) is 92.3. The molecule has 30 heteroatoms. The number of rotatable bonds is 28. The van der Waals surface area contributed by atoms with Gasteiger partial charge in [0.2, 0.25) is 0 Å². The maximum Gasteiger partial charge on any atom is 0.412 e. The van der Waals surface area contributed by atoms with Crippen molar-refractivity contribution in [1.82, 2.24) is 25.8 Å². The van der Waals surface area contributed by atoms with Crippen LogP contribution >= 0.6 is 0 Å². The highest BCUT2D eigenvalue weighted by molar-refractivity contribution is 6.99.